The molecule has 5 nitrogen and oxygen atoms in total. The third kappa shape index (κ3) is 3.35. The normalized spacial score (nSPS) is 11.1. The van der Waals surface area contributed by atoms with Gasteiger partial charge >= 0.3 is 0 Å². The lowest BCUT2D eigenvalue weighted by molar-refractivity contribution is -0.121. The number of nitrogens with one attached hydrogen (secondary N) is 2. The molecule has 0 spiro atoms. The number of H-pyrrole nitrogens is 1. The number of hydrogen-bond donors (Lipinski definition) is 2. The highest BCUT2D eigenvalue weighted by molar-refractivity contribution is 5.83. The van der Waals surface area contributed by atoms with Gasteiger partial charge in [-0.05, 0) is 43.9 Å². The van der Waals surface area contributed by atoms with Gasteiger partial charge in [-0.2, -0.15) is 5.10 Å². The highest BCUT2D eigenvalue weighted by Crippen LogP contribution is 2.18. The predicted molar refractivity (Wildman–Crippen MR) is 96.0 cm³/mol. The largest absolute Gasteiger partial charge is 0.361 e. The molecule has 0 aliphatic heterocycles. The highest BCUT2D eigenvalue weighted by Gasteiger charge is 2.11. The number of fused-ring (bicyclic) bond motifs is 1. The number of hydrogen-bond acceptors (Lipinski definition) is 2. The molecule has 3 rings (SSSR count). The maximum Gasteiger partial charge on any atom is 0.220 e. The number of amides is 1. The van der Waals surface area contributed by atoms with Gasteiger partial charge in [-0.15, -0.1) is 0 Å². The van der Waals surface area contributed by atoms with E-state index in [1.54, 1.807) is 0 Å². The molecule has 2 heterocycles. The number of aromatic nitrogens is 3. The van der Waals surface area contributed by atoms with E-state index in [4.69, 9.17) is 0 Å². The van der Waals surface area contributed by atoms with Crippen LogP contribution in [0.4, 0.5) is 0 Å². The average molecular weight is 324 g/mol. The molecule has 1 aromatic carbocycles. The van der Waals surface area contributed by atoms with Crippen LogP contribution in [0.5, 0.6) is 0 Å². The molecule has 0 bridgehead atoms. The highest BCUT2D eigenvalue weighted by atomic mass is 16.1. The Morgan fingerprint density at radius 1 is 1.25 bits per heavy atom. The molecule has 0 fully saturated rings. The summed E-state index contributed by atoms with van der Waals surface area (Å²) in [7, 11) is 1.94. The molecule has 0 saturated carbocycles. The number of para-hydroxylation sites is 1. The van der Waals surface area contributed by atoms with E-state index >= 15 is 0 Å². The molecule has 0 atom stereocenters. The minimum Gasteiger partial charge on any atom is -0.361 e. The Morgan fingerprint density at radius 3 is 2.79 bits per heavy atom. The van der Waals surface area contributed by atoms with Crippen LogP contribution in [0.2, 0.25) is 0 Å². The minimum atomic E-state index is 0.0949. The fourth-order valence-corrected chi connectivity index (χ4v) is 3.18. The average Bonchev–Trinajstić information content (AvgIpc) is 3.08. The van der Waals surface area contributed by atoms with Crippen LogP contribution in [0.1, 0.15) is 28.9 Å². The van der Waals surface area contributed by atoms with E-state index in [0.29, 0.717) is 13.0 Å². The molecule has 24 heavy (non-hydrogen) atoms. The molecule has 3 aromatic rings. The third-order valence-electron chi connectivity index (χ3n) is 4.65. The van der Waals surface area contributed by atoms with E-state index in [9.17, 15) is 4.79 Å². The van der Waals surface area contributed by atoms with Crippen molar-refractivity contribution in [2.45, 2.75) is 33.1 Å². The summed E-state index contributed by atoms with van der Waals surface area (Å²) in [6.07, 6.45) is 4.10. The first kappa shape index (κ1) is 16.3. The molecular formula is C19H24N4O. The van der Waals surface area contributed by atoms with Crippen molar-refractivity contribution in [2.75, 3.05) is 6.54 Å². The first-order valence-corrected chi connectivity index (χ1v) is 8.37. The second-order valence-corrected chi connectivity index (χ2v) is 6.23. The standard InChI is InChI=1S/C19H24N4O/c1-13-16(14(2)23(3)22-13)8-9-19(24)20-11-10-15-12-21-18-7-5-4-6-17(15)18/h4-7,12,21H,8-11H2,1-3H3,(H,20,24). The predicted octanol–water partition coefficient (Wildman–Crippen LogP) is 2.81. The summed E-state index contributed by atoms with van der Waals surface area (Å²) >= 11 is 0. The molecule has 0 radical (unpaired) electrons. The first-order valence-electron chi connectivity index (χ1n) is 8.37. The molecule has 1 amide bonds. The number of aryl methyl sites for hydroxylation is 2. The van der Waals surface area contributed by atoms with Crippen LogP contribution in [0.15, 0.2) is 30.5 Å². The van der Waals surface area contributed by atoms with Gasteiger partial charge in [0.1, 0.15) is 0 Å². The SMILES string of the molecule is Cc1nn(C)c(C)c1CCC(=O)NCCc1c[nH]c2ccccc12. The summed E-state index contributed by atoms with van der Waals surface area (Å²) in [5, 5.41) is 8.65. The number of aromatic amines is 1. The zero-order valence-electron chi connectivity index (χ0n) is 14.5. The van der Waals surface area contributed by atoms with E-state index in [0.717, 1.165) is 29.7 Å². The van der Waals surface area contributed by atoms with Crippen LogP contribution in [0.25, 0.3) is 10.9 Å². The van der Waals surface area contributed by atoms with Crippen LogP contribution >= 0.6 is 0 Å². The second-order valence-electron chi connectivity index (χ2n) is 6.23. The monoisotopic (exact) mass is 324 g/mol. The number of benzene rings is 1. The van der Waals surface area contributed by atoms with Gasteiger partial charge in [-0.3, -0.25) is 9.48 Å². The Bertz CT molecular complexity index is 860. The van der Waals surface area contributed by atoms with E-state index in [1.165, 1.54) is 16.5 Å². The Balaban J connectivity index is 1.49. The van der Waals surface area contributed by atoms with Crippen molar-refractivity contribution < 1.29 is 4.79 Å². The lowest BCUT2D eigenvalue weighted by atomic mass is 10.1. The number of rotatable bonds is 6. The van der Waals surface area contributed by atoms with Gasteiger partial charge in [0.15, 0.2) is 0 Å². The molecule has 126 valence electrons. The molecule has 5 heteroatoms. The first-order chi connectivity index (χ1) is 11.6. The van der Waals surface area contributed by atoms with Crippen molar-refractivity contribution in [2.24, 2.45) is 7.05 Å². The fourth-order valence-electron chi connectivity index (χ4n) is 3.18. The minimum absolute atomic E-state index is 0.0949. The van der Waals surface area contributed by atoms with Crippen LogP contribution in [-0.4, -0.2) is 27.2 Å². The Labute approximate surface area is 142 Å². The van der Waals surface area contributed by atoms with Gasteiger partial charge < -0.3 is 10.3 Å². The van der Waals surface area contributed by atoms with Crippen molar-refractivity contribution in [3.8, 4) is 0 Å². The maximum absolute atomic E-state index is 12.1. The molecule has 0 saturated heterocycles. The van der Waals surface area contributed by atoms with Gasteiger partial charge in [-0.1, -0.05) is 18.2 Å². The Hall–Kier alpha value is -2.56. The number of carbonyl (C=O) groups is 1. The smallest absolute Gasteiger partial charge is 0.220 e. The summed E-state index contributed by atoms with van der Waals surface area (Å²) < 4.78 is 1.87. The quantitative estimate of drug-likeness (QED) is 0.732. The molecule has 0 unspecified atom stereocenters. The van der Waals surface area contributed by atoms with Crippen LogP contribution < -0.4 is 5.32 Å². The van der Waals surface area contributed by atoms with Crippen molar-refractivity contribution in [1.82, 2.24) is 20.1 Å². The number of nitrogens with zero attached hydrogens (tertiary/aromatic N) is 2. The van der Waals surface area contributed by atoms with Crippen molar-refractivity contribution in [3.63, 3.8) is 0 Å². The molecule has 0 aliphatic carbocycles. The summed E-state index contributed by atoms with van der Waals surface area (Å²) in [5.74, 6) is 0.0949. The van der Waals surface area contributed by atoms with Crippen LogP contribution in [0.3, 0.4) is 0 Å². The lowest BCUT2D eigenvalue weighted by Gasteiger charge is -2.05. The van der Waals surface area contributed by atoms with Gasteiger partial charge in [-0.25, -0.2) is 0 Å². The maximum atomic E-state index is 12.1. The van der Waals surface area contributed by atoms with Gasteiger partial charge in [0.2, 0.25) is 5.91 Å². The summed E-state index contributed by atoms with van der Waals surface area (Å²) in [6.45, 7) is 4.70. The van der Waals surface area contributed by atoms with Crippen LogP contribution in [-0.2, 0) is 24.7 Å². The summed E-state index contributed by atoms with van der Waals surface area (Å²) in [4.78, 5) is 15.4. The third-order valence-corrected chi connectivity index (χ3v) is 4.65. The van der Waals surface area contributed by atoms with Crippen molar-refractivity contribution in [1.29, 1.82) is 0 Å². The Morgan fingerprint density at radius 2 is 2.04 bits per heavy atom. The molecule has 2 N–H and O–H groups in total. The van der Waals surface area contributed by atoms with Gasteiger partial charge in [0, 0.05) is 42.8 Å². The molecular weight excluding hydrogens is 300 g/mol. The van der Waals surface area contributed by atoms with Crippen LogP contribution in [0, 0.1) is 13.8 Å². The number of carbonyl (C=O) groups excluding carboxylic acids is 1. The topological polar surface area (TPSA) is 62.7 Å². The van der Waals surface area contributed by atoms with E-state index < -0.39 is 0 Å². The van der Waals surface area contributed by atoms with Crippen molar-refractivity contribution in [3.05, 3.63) is 53.0 Å². The van der Waals surface area contributed by atoms with E-state index in [1.807, 2.05) is 43.9 Å². The van der Waals surface area contributed by atoms with Gasteiger partial charge in [0.25, 0.3) is 0 Å². The fraction of sp³-hybridized carbons (Fsp3) is 0.368. The van der Waals surface area contributed by atoms with E-state index in [-0.39, 0.29) is 5.91 Å². The summed E-state index contributed by atoms with van der Waals surface area (Å²) in [6, 6.07) is 8.23. The lowest BCUT2D eigenvalue weighted by Crippen LogP contribution is -2.25. The molecule has 0 aliphatic rings. The van der Waals surface area contributed by atoms with E-state index in [2.05, 4.69) is 27.5 Å². The zero-order chi connectivity index (χ0) is 17.1. The molecule has 2 aromatic heterocycles. The van der Waals surface area contributed by atoms with Gasteiger partial charge in [0.05, 0.1) is 5.69 Å². The second kappa shape index (κ2) is 6.91. The van der Waals surface area contributed by atoms with Crippen molar-refractivity contribution >= 4 is 16.8 Å². The zero-order valence-corrected chi connectivity index (χ0v) is 14.5. The summed E-state index contributed by atoms with van der Waals surface area (Å²) in [5.41, 5.74) is 5.72. The Kier molecular flexibility index (Phi) is 4.69.